The van der Waals surface area contributed by atoms with Gasteiger partial charge in [-0.3, -0.25) is 4.79 Å². The zero-order chi connectivity index (χ0) is 8.48. The summed E-state index contributed by atoms with van der Waals surface area (Å²) >= 11 is 0. The maximum Gasteiger partial charge on any atom is 0.272 e. The van der Waals surface area contributed by atoms with Gasteiger partial charge >= 0.3 is 0 Å². The fourth-order valence-corrected chi connectivity index (χ4v) is 1.05. The van der Waals surface area contributed by atoms with E-state index in [4.69, 9.17) is 5.26 Å². The highest BCUT2D eigenvalue weighted by molar-refractivity contribution is 5.86. The Morgan fingerprint density at radius 1 is 1.73 bits per heavy atom. The normalized spacial score (nSPS) is 19.7. The molecule has 1 aliphatic carbocycles. The molecule has 0 saturated heterocycles. The van der Waals surface area contributed by atoms with Crippen LogP contribution in [0.25, 0.3) is 0 Å². The van der Waals surface area contributed by atoms with Crippen LogP contribution in [0, 0.1) is 11.5 Å². The monoisotopic (exact) mass is 156 g/mol. The number of halogens is 1. The van der Waals surface area contributed by atoms with Crippen LogP contribution in [0.15, 0.2) is 0 Å². The van der Waals surface area contributed by atoms with Crippen LogP contribution in [0.4, 0.5) is 4.39 Å². The second-order valence-electron chi connectivity index (χ2n) is 2.78. The average molecular weight is 156 g/mol. The summed E-state index contributed by atoms with van der Waals surface area (Å²) in [5, 5.41) is 8.28. The molecule has 3 nitrogen and oxygen atoms in total. The van der Waals surface area contributed by atoms with Crippen molar-refractivity contribution in [3.63, 3.8) is 0 Å². The van der Waals surface area contributed by atoms with Crippen molar-refractivity contribution < 1.29 is 9.18 Å². The van der Waals surface area contributed by atoms with Gasteiger partial charge in [-0.15, -0.1) is 0 Å². The Kier molecular flexibility index (Phi) is 1.81. The molecule has 0 unspecified atom stereocenters. The van der Waals surface area contributed by atoms with Gasteiger partial charge in [-0.1, -0.05) is 0 Å². The van der Waals surface area contributed by atoms with Crippen LogP contribution < -0.4 is 0 Å². The van der Waals surface area contributed by atoms with E-state index in [9.17, 15) is 9.18 Å². The maximum absolute atomic E-state index is 13.2. The Hall–Kier alpha value is -1.11. The van der Waals surface area contributed by atoms with Gasteiger partial charge in [0, 0.05) is 7.05 Å². The van der Waals surface area contributed by atoms with E-state index in [2.05, 4.69) is 0 Å². The lowest BCUT2D eigenvalue weighted by Gasteiger charge is -2.32. The summed E-state index contributed by atoms with van der Waals surface area (Å²) in [6, 6.07) is 0. The summed E-state index contributed by atoms with van der Waals surface area (Å²) in [7, 11) is 1.28. The fraction of sp³-hybridized carbons (Fsp3) is 0.714. The first kappa shape index (κ1) is 7.99. The molecule has 0 aliphatic heterocycles. The lowest BCUT2D eigenvalue weighted by atomic mass is 9.81. The number of alkyl halides is 1. The predicted octanol–water partition coefficient (Wildman–Crippen LogP) is 0.818. The molecule has 11 heavy (non-hydrogen) atoms. The molecule has 0 radical (unpaired) electrons. The summed E-state index contributed by atoms with van der Waals surface area (Å²) in [4.78, 5) is 11.8. The number of hydrogen-bond donors (Lipinski definition) is 0. The van der Waals surface area contributed by atoms with Gasteiger partial charge in [0.25, 0.3) is 5.91 Å². The van der Waals surface area contributed by atoms with Crippen molar-refractivity contribution in [2.45, 2.75) is 24.9 Å². The van der Waals surface area contributed by atoms with Crippen molar-refractivity contribution in [3.8, 4) is 6.19 Å². The first-order chi connectivity index (χ1) is 5.10. The van der Waals surface area contributed by atoms with Gasteiger partial charge in [0.1, 0.15) is 0 Å². The van der Waals surface area contributed by atoms with E-state index in [0.29, 0.717) is 0 Å². The zero-order valence-electron chi connectivity index (χ0n) is 6.30. The Morgan fingerprint density at radius 2 is 2.27 bits per heavy atom. The van der Waals surface area contributed by atoms with Gasteiger partial charge in [0.05, 0.1) is 0 Å². The van der Waals surface area contributed by atoms with Gasteiger partial charge in [-0.05, 0) is 19.3 Å². The minimum absolute atomic E-state index is 0.262. The molecule has 1 rings (SSSR count). The molecular formula is C7H9FN2O. The number of carbonyl (C=O) groups excluding carboxylic acids is 1. The third-order valence-electron chi connectivity index (χ3n) is 1.98. The molecule has 0 spiro atoms. The summed E-state index contributed by atoms with van der Waals surface area (Å²) in [5.74, 6) is -0.703. The minimum Gasteiger partial charge on any atom is -0.270 e. The number of hydrogen-bond acceptors (Lipinski definition) is 2. The highest BCUT2D eigenvalue weighted by atomic mass is 19.1. The van der Waals surface area contributed by atoms with Gasteiger partial charge in [-0.25, -0.2) is 9.29 Å². The maximum atomic E-state index is 13.2. The van der Waals surface area contributed by atoms with Crippen LogP contribution in [0.1, 0.15) is 19.3 Å². The standard InChI is InChI=1S/C7H9FN2O/c1-10(5-9)6(11)7(8)3-2-4-7/h2-4H2,1H3. The smallest absolute Gasteiger partial charge is 0.270 e. The van der Waals surface area contributed by atoms with Crippen LogP contribution in [-0.4, -0.2) is 23.5 Å². The number of carbonyl (C=O) groups is 1. The van der Waals surface area contributed by atoms with E-state index in [1.165, 1.54) is 7.05 Å². The van der Waals surface area contributed by atoms with Crippen molar-refractivity contribution >= 4 is 5.91 Å². The van der Waals surface area contributed by atoms with E-state index in [-0.39, 0.29) is 12.8 Å². The molecule has 1 aliphatic rings. The third kappa shape index (κ3) is 1.18. The number of nitriles is 1. The van der Waals surface area contributed by atoms with E-state index < -0.39 is 11.6 Å². The molecule has 0 aromatic carbocycles. The van der Waals surface area contributed by atoms with Crippen molar-refractivity contribution in [2.75, 3.05) is 7.05 Å². The summed E-state index contributed by atoms with van der Waals surface area (Å²) in [5.41, 5.74) is -1.73. The van der Waals surface area contributed by atoms with E-state index in [1.807, 2.05) is 0 Å². The van der Waals surface area contributed by atoms with Crippen molar-refractivity contribution in [3.05, 3.63) is 0 Å². The Balaban J connectivity index is 2.61. The predicted molar refractivity (Wildman–Crippen MR) is 36.1 cm³/mol. The molecule has 0 aromatic rings. The molecule has 0 bridgehead atoms. The SMILES string of the molecule is CN(C#N)C(=O)C1(F)CCC1. The number of amides is 1. The van der Waals surface area contributed by atoms with Crippen molar-refractivity contribution in [1.82, 2.24) is 4.90 Å². The molecule has 0 heterocycles. The molecular weight excluding hydrogens is 147 g/mol. The van der Waals surface area contributed by atoms with Crippen LogP contribution in [0.2, 0.25) is 0 Å². The molecule has 1 fully saturated rings. The van der Waals surface area contributed by atoms with Gasteiger partial charge in [0.15, 0.2) is 11.9 Å². The molecule has 0 atom stereocenters. The van der Waals surface area contributed by atoms with Gasteiger partial charge in [-0.2, -0.15) is 5.26 Å². The van der Waals surface area contributed by atoms with Crippen LogP contribution >= 0.6 is 0 Å². The molecule has 1 saturated carbocycles. The van der Waals surface area contributed by atoms with E-state index in [0.717, 1.165) is 11.3 Å². The highest BCUT2D eigenvalue weighted by Crippen LogP contribution is 2.36. The molecule has 60 valence electrons. The summed E-state index contributed by atoms with van der Waals surface area (Å²) < 4.78 is 13.2. The fourth-order valence-electron chi connectivity index (χ4n) is 1.05. The molecule has 4 heteroatoms. The number of nitrogens with zero attached hydrogens (tertiary/aromatic N) is 2. The minimum atomic E-state index is -1.73. The van der Waals surface area contributed by atoms with Crippen LogP contribution in [0.5, 0.6) is 0 Å². The van der Waals surface area contributed by atoms with E-state index >= 15 is 0 Å². The average Bonchev–Trinajstić information content (AvgIpc) is 1.97. The topological polar surface area (TPSA) is 44.1 Å². The number of rotatable bonds is 1. The quantitative estimate of drug-likeness (QED) is 0.416. The molecule has 0 N–H and O–H groups in total. The summed E-state index contributed by atoms with van der Waals surface area (Å²) in [6.45, 7) is 0. The summed E-state index contributed by atoms with van der Waals surface area (Å²) in [6.07, 6.45) is 2.84. The Morgan fingerprint density at radius 3 is 2.55 bits per heavy atom. The Bertz CT molecular complexity index is 217. The first-order valence-corrected chi connectivity index (χ1v) is 3.47. The van der Waals surface area contributed by atoms with Crippen molar-refractivity contribution in [1.29, 1.82) is 5.26 Å². The molecule has 0 aromatic heterocycles. The highest BCUT2D eigenvalue weighted by Gasteiger charge is 2.46. The second-order valence-corrected chi connectivity index (χ2v) is 2.78. The van der Waals surface area contributed by atoms with Gasteiger partial charge < -0.3 is 0 Å². The van der Waals surface area contributed by atoms with Crippen LogP contribution in [0.3, 0.4) is 0 Å². The lowest BCUT2D eigenvalue weighted by molar-refractivity contribution is -0.145. The van der Waals surface area contributed by atoms with Crippen molar-refractivity contribution in [2.24, 2.45) is 0 Å². The zero-order valence-corrected chi connectivity index (χ0v) is 6.30. The third-order valence-corrected chi connectivity index (χ3v) is 1.98. The second kappa shape index (κ2) is 2.50. The van der Waals surface area contributed by atoms with E-state index in [1.54, 1.807) is 6.19 Å². The lowest BCUT2D eigenvalue weighted by Crippen LogP contribution is -2.47. The van der Waals surface area contributed by atoms with Gasteiger partial charge in [0.2, 0.25) is 0 Å². The largest absolute Gasteiger partial charge is 0.272 e. The molecule has 1 amide bonds. The Labute approximate surface area is 64.4 Å². The van der Waals surface area contributed by atoms with Crippen LogP contribution in [-0.2, 0) is 4.79 Å². The first-order valence-electron chi connectivity index (χ1n) is 3.47.